The number of aliphatic hydroxyl groups is 2. The minimum Gasteiger partial charge on any atom is -0.481 e. The average molecular weight is 318 g/mol. The number of Topliss-reactive ketones (excluding diaryl/α,β-unsaturated/α-hetero) is 1. The number of carboxylic acids is 1. The average Bonchev–Trinajstić information content (AvgIpc) is 2.42. The van der Waals surface area contributed by atoms with Crippen molar-refractivity contribution in [1.29, 1.82) is 0 Å². The summed E-state index contributed by atoms with van der Waals surface area (Å²) >= 11 is 0. The second kappa shape index (κ2) is 9.89. The molecule has 1 fully saturated rings. The van der Waals surface area contributed by atoms with Crippen molar-refractivity contribution in [3.05, 3.63) is 0 Å². The third-order valence-corrected chi connectivity index (χ3v) is 3.67. The highest BCUT2D eigenvalue weighted by Crippen LogP contribution is 2.21. The number of hydrogen-bond acceptors (Lipinski definition) is 6. The maximum Gasteiger partial charge on any atom is 0.310 e. The predicted molar refractivity (Wildman–Crippen MR) is 77.3 cm³/mol. The summed E-state index contributed by atoms with van der Waals surface area (Å²) in [6.45, 7) is 2.18. The van der Waals surface area contributed by atoms with Gasteiger partial charge in [-0.2, -0.15) is 0 Å². The van der Waals surface area contributed by atoms with Crippen LogP contribution in [-0.4, -0.2) is 58.3 Å². The van der Waals surface area contributed by atoms with Gasteiger partial charge in [-0.05, 0) is 19.8 Å². The first kappa shape index (κ1) is 19.0. The Kier molecular flexibility index (Phi) is 8.55. The van der Waals surface area contributed by atoms with Crippen molar-refractivity contribution < 1.29 is 34.4 Å². The number of aliphatic carboxylic acids is 1. The van der Waals surface area contributed by atoms with Crippen molar-refractivity contribution in [2.75, 3.05) is 6.61 Å². The lowest BCUT2D eigenvalue weighted by Gasteiger charge is -2.35. The summed E-state index contributed by atoms with van der Waals surface area (Å²) in [6, 6.07) is 0. The molecule has 1 heterocycles. The Morgan fingerprint density at radius 3 is 2.50 bits per heavy atom. The van der Waals surface area contributed by atoms with E-state index >= 15 is 0 Å². The van der Waals surface area contributed by atoms with E-state index in [0.29, 0.717) is 19.4 Å². The molecule has 128 valence electrons. The molecular weight excluding hydrogens is 292 g/mol. The van der Waals surface area contributed by atoms with Gasteiger partial charge in [-0.1, -0.05) is 12.8 Å². The molecule has 0 aromatic carbocycles. The lowest BCUT2D eigenvalue weighted by atomic mass is 10.0. The molecule has 0 unspecified atom stereocenters. The molecule has 0 aromatic rings. The van der Waals surface area contributed by atoms with Gasteiger partial charge in [0.1, 0.15) is 18.3 Å². The van der Waals surface area contributed by atoms with E-state index in [1.165, 1.54) is 0 Å². The number of carbonyl (C=O) groups is 2. The van der Waals surface area contributed by atoms with E-state index in [-0.39, 0.29) is 18.3 Å². The molecule has 0 bridgehead atoms. The fourth-order valence-electron chi connectivity index (χ4n) is 2.33. The number of ether oxygens (including phenoxy) is 2. The molecule has 0 aromatic heterocycles. The molecule has 1 rings (SSSR count). The summed E-state index contributed by atoms with van der Waals surface area (Å²) in [6.07, 6.45) is 0.754. The molecule has 0 amide bonds. The standard InChI is InChI=1S/C15H26O7/c1-10-12(17)9-13(18)15(22-10)21-7-5-3-2-4-6-11(16)8-14(19)20/h10,12-13,15,17-18H,2-9H2,1H3,(H,19,20)/t10-,12+,13+,15+/m0/s1. The number of hydrogen-bond donors (Lipinski definition) is 3. The number of aliphatic hydroxyl groups excluding tert-OH is 2. The van der Waals surface area contributed by atoms with Crippen LogP contribution >= 0.6 is 0 Å². The normalized spacial score (nSPS) is 28.5. The van der Waals surface area contributed by atoms with Gasteiger partial charge in [0, 0.05) is 19.4 Å². The van der Waals surface area contributed by atoms with E-state index in [1.54, 1.807) is 6.92 Å². The second-order valence-electron chi connectivity index (χ2n) is 5.72. The molecule has 1 aliphatic heterocycles. The molecule has 3 N–H and O–H groups in total. The number of carboxylic acid groups (broad SMARTS) is 1. The molecule has 7 nitrogen and oxygen atoms in total. The van der Waals surface area contributed by atoms with E-state index in [2.05, 4.69) is 0 Å². The Morgan fingerprint density at radius 2 is 1.82 bits per heavy atom. The van der Waals surface area contributed by atoms with Crippen molar-refractivity contribution in [2.45, 2.75) is 76.5 Å². The molecule has 7 heteroatoms. The van der Waals surface area contributed by atoms with Crippen LogP contribution < -0.4 is 0 Å². The number of ketones is 1. The Morgan fingerprint density at radius 1 is 1.14 bits per heavy atom. The van der Waals surface area contributed by atoms with Crippen LogP contribution in [0.4, 0.5) is 0 Å². The summed E-state index contributed by atoms with van der Waals surface area (Å²) < 4.78 is 10.9. The molecule has 22 heavy (non-hydrogen) atoms. The Balaban J connectivity index is 2.01. The fraction of sp³-hybridized carbons (Fsp3) is 0.867. The van der Waals surface area contributed by atoms with Gasteiger partial charge < -0.3 is 24.8 Å². The monoisotopic (exact) mass is 318 g/mol. The zero-order chi connectivity index (χ0) is 16.5. The Labute approximate surface area is 130 Å². The number of carbonyl (C=O) groups excluding carboxylic acids is 1. The van der Waals surface area contributed by atoms with Crippen LogP contribution in [0.2, 0.25) is 0 Å². The maximum atomic E-state index is 11.2. The van der Waals surface area contributed by atoms with Gasteiger partial charge in [0.25, 0.3) is 0 Å². The molecule has 0 radical (unpaired) electrons. The van der Waals surface area contributed by atoms with Crippen LogP contribution in [0, 0.1) is 0 Å². The SMILES string of the molecule is C[C@@H]1O[C@@H](OCCCCCCC(=O)CC(=O)O)[C@H](O)C[C@H]1O. The van der Waals surface area contributed by atoms with E-state index in [1.807, 2.05) is 0 Å². The van der Waals surface area contributed by atoms with Gasteiger partial charge in [0.05, 0.1) is 12.2 Å². The van der Waals surface area contributed by atoms with Gasteiger partial charge >= 0.3 is 5.97 Å². The van der Waals surface area contributed by atoms with Crippen molar-refractivity contribution in [1.82, 2.24) is 0 Å². The van der Waals surface area contributed by atoms with Crippen molar-refractivity contribution in [2.24, 2.45) is 0 Å². The molecule has 1 aliphatic rings. The first-order valence-corrected chi connectivity index (χ1v) is 7.77. The van der Waals surface area contributed by atoms with E-state index < -0.39 is 30.9 Å². The van der Waals surface area contributed by atoms with E-state index in [4.69, 9.17) is 14.6 Å². The summed E-state index contributed by atoms with van der Waals surface area (Å²) in [5.41, 5.74) is 0. The smallest absolute Gasteiger partial charge is 0.310 e. The minimum atomic E-state index is -1.08. The highest BCUT2D eigenvalue weighted by molar-refractivity contribution is 5.94. The quantitative estimate of drug-likeness (QED) is 0.404. The highest BCUT2D eigenvalue weighted by Gasteiger charge is 2.34. The number of rotatable bonds is 10. The summed E-state index contributed by atoms with van der Waals surface area (Å²) in [5, 5.41) is 27.7. The van der Waals surface area contributed by atoms with Crippen LogP contribution in [0.1, 0.15) is 51.9 Å². The zero-order valence-corrected chi connectivity index (χ0v) is 12.9. The second-order valence-corrected chi connectivity index (χ2v) is 5.72. The van der Waals surface area contributed by atoms with Crippen LogP contribution in [0.5, 0.6) is 0 Å². The zero-order valence-electron chi connectivity index (χ0n) is 12.9. The summed E-state index contributed by atoms with van der Waals surface area (Å²) in [5.74, 6) is -1.32. The van der Waals surface area contributed by atoms with Crippen LogP contribution in [0.15, 0.2) is 0 Å². The molecule has 1 saturated heterocycles. The van der Waals surface area contributed by atoms with Crippen molar-refractivity contribution in [3.8, 4) is 0 Å². The van der Waals surface area contributed by atoms with Gasteiger partial charge in [0.15, 0.2) is 6.29 Å². The lowest BCUT2D eigenvalue weighted by Crippen LogP contribution is -2.47. The molecular formula is C15H26O7. The predicted octanol–water partition coefficient (Wildman–Crippen LogP) is 0.854. The van der Waals surface area contributed by atoms with Crippen molar-refractivity contribution in [3.63, 3.8) is 0 Å². The molecule has 0 spiro atoms. The maximum absolute atomic E-state index is 11.2. The summed E-state index contributed by atoms with van der Waals surface area (Å²) in [7, 11) is 0. The third kappa shape index (κ3) is 7.31. The molecule has 0 aliphatic carbocycles. The minimum absolute atomic E-state index is 0.241. The van der Waals surface area contributed by atoms with Crippen LogP contribution in [-0.2, 0) is 19.1 Å². The largest absolute Gasteiger partial charge is 0.481 e. The van der Waals surface area contributed by atoms with Crippen molar-refractivity contribution >= 4 is 11.8 Å². The Bertz CT molecular complexity index is 358. The van der Waals surface area contributed by atoms with Gasteiger partial charge in [-0.3, -0.25) is 9.59 Å². The van der Waals surface area contributed by atoms with Crippen LogP contribution in [0.3, 0.4) is 0 Å². The number of unbranched alkanes of at least 4 members (excludes halogenated alkanes) is 3. The first-order chi connectivity index (χ1) is 10.4. The van der Waals surface area contributed by atoms with Gasteiger partial charge in [-0.25, -0.2) is 0 Å². The van der Waals surface area contributed by atoms with Gasteiger partial charge in [0.2, 0.25) is 0 Å². The molecule has 4 atom stereocenters. The highest BCUT2D eigenvalue weighted by atomic mass is 16.7. The fourth-order valence-corrected chi connectivity index (χ4v) is 2.33. The van der Waals surface area contributed by atoms with Crippen LogP contribution in [0.25, 0.3) is 0 Å². The van der Waals surface area contributed by atoms with Gasteiger partial charge in [-0.15, -0.1) is 0 Å². The summed E-state index contributed by atoms with van der Waals surface area (Å²) in [4.78, 5) is 21.5. The lowest BCUT2D eigenvalue weighted by molar-refractivity contribution is -0.261. The molecule has 0 saturated carbocycles. The third-order valence-electron chi connectivity index (χ3n) is 3.67. The first-order valence-electron chi connectivity index (χ1n) is 7.77. The topological polar surface area (TPSA) is 113 Å². The van der Waals surface area contributed by atoms with E-state index in [0.717, 1.165) is 19.3 Å². The Hall–Kier alpha value is -1.02. The van der Waals surface area contributed by atoms with E-state index in [9.17, 15) is 19.8 Å².